The first-order chi connectivity index (χ1) is 23.8. The molecule has 14 unspecified atom stereocenters. The number of rotatable bonds is 8. The second-order valence-corrected chi connectivity index (χ2v) is 15.4. The van der Waals surface area contributed by atoms with Gasteiger partial charge in [-0.1, -0.05) is 58.0 Å². The first-order valence-corrected chi connectivity index (χ1v) is 18.1. The molecule has 0 spiro atoms. The number of carbonyl (C=O) groups is 2. The number of aliphatic hydroxyl groups is 3. The van der Waals surface area contributed by atoms with E-state index >= 15 is 0 Å². The van der Waals surface area contributed by atoms with E-state index in [0.717, 1.165) is 5.56 Å². The zero-order chi connectivity index (χ0) is 38.4. The smallest absolute Gasteiger partial charge is 0.312 e. The summed E-state index contributed by atoms with van der Waals surface area (Å²) in [5, 5.41) is 38.9. The summed E-state index contributed by atoms with van der Waals surface area (Å²) < 4.78 is 31.4. The van der Waals surface area contributed by atoms with E-state index in [9.17, 15) is 24.9 Å². The number of aliphatic hydroxyl groups excluding tert-OH is 2. The van der Waals surface area contributed by atoms with Crippen LogP contribution in [0.4, 0.5) is 0 Å². The molecule has 2 aliphatic rings. The van der Waals surface area contributed by atoms with Gasteiger partial charge in [0.2, 0.25) is 0 Å². The van der Waals surface area contributed by atoms with Gasteiger partial charge in [0.05, 0.1) is 36.3 Å². The van der Waals surface area contributed by atoms with E-state index in [1.165, 1.54) is 14.0 Å². The van der Waals surface area contributed by atoms with Crippen molar-refractivity contribution in [3.8, 4) is 0 Å². The van der Waals surface area contributed by atoms with Crippen molar-refractivity contribution in [1.29, 1.82) is 0 Å². The van der Waals surface area contributed by atoms with E-state index in [0.29, 0.717) is 12.1 Å². The van der Waals surface area contributed by atoms with Crippen LogP contribution in [0.1, 0.15) is 80.2 Å². The number of methoxy groups -OCH3 is 1. The molecular formula is C38H63N3O10. The molecule has 2 heterocycles. The lowest BCUT2D eigenvalue weighted by Gasteiger charge is -2.48. The van der Waals surface area contributed by atoms with E-state index in [1.807, 2.05) is 77.0 Å². The van der Waals surface area contributed by atoms with Crippen molar-refractivity contribution in [1.82, 2.24) is 4.90 Å². The highest BCUT2D eigenvalue weighted by atomic mass is 16.7. The fourth-order valence-corrected chi connectivity index (χ4v) is 7.99. The lowest BCUT2D eigenvalue weighted by Crippen LogP contribution is -2.60. The standard InChI is InChI=1S/C38H63N3O10/c1-12-28-38(8,46)33(44)23(4)30(40-39)21(2)20-37(7,47-11)34(51-36-31(43)27(41(9)10)18-22(3)48-36)24(5)32(25(6)35(45)49-28)50-29(42)19-26-16-14-13-15-17-26/h13-17,21-25,27-28,31-34,36,43-44,46H,12,18-20,39H2,1-11H3. The molecule has 1 aromatic rings. The molecule has 0 radical (unpaired) electrons. The molecule has 13 nitrogen and oxygen atoms in total. The molecule has 0 aliphatic carbocycles. The van der Waals surface area contributed by atoms with Gasteiger partial charge in [0.1, 0.15) is 23.9 Å². The summed E-state index contributed by atoms with van der Waals surface area (Å²) in [7, 11) is 5.30. The second-order valence-electron chi connectivity index (χ2n) is 15.4. The molecule has 0 bridgehead atoms. The number of hydrazone groups is 1. The number of carbonyl (C=O) groups excluding carboxylic acids is 2. The highest BCUT2D eigenvalue weighted by Crippen LogP contribution is 2.40. The number of benzene rings is 1. The minimum absolute atomic E-state index is 0.0465. The Morgan fingerprint density at radius 2 is 1.71 bits per heavy atom. The van der Waals surface area contributed by atoms with Crippen LogP contribution < -0.4 is 5.84 Å². The van der Waals surface area contributed by atoms with Crippen molar-refractivity contribution < 1.29 is 48.6 Å². The number of cyclic esters (lactones) is 1. The van der Waals surface area contributed by atoms with Crippen LogP contribution in [0.2, 0.25) is 0 Å². The van der Waals surface area contributed by atoms with Gasteiger partial charge in [-0.15, -0.1) is 0 Å². The van der Waals surface area contributed by atoms with Crippen LogP contribution in [0.5, 0.6) is 0 Å². The number of nitrogens with two attached hydrogens (primary N) is 1. The summed E-state index contributed by atoms with van der Waals surface area (Å²) in [4.78, 5) is 29.6. The molecule has 14 atom stereocenters. The van der Waals surface area contributed by atoms with Gasteiger partial charge < -0.3 is 49.7 Å². The first-order valence-electron chi connectivity index (χ1n) is 18.1. The highest BCUT2D eigenvalue weighted by molar-refractivity contribution is 5.89. The molecule has 0 amide bonds. The Balaban J connectivity index is 2.21. The Hall–Kier alpha value is -2.65. The monoisotopic (exact) mass is 721 g/mol. The third kappa shape index (κ3) is 9.87. The van der Waals surface area contributed by atoms with Crippen LogP contribution in [0.3, 0.4) is 0 Å². The minimum Gasteiger partial charge on any atom is -0.461 e. The molecule has 1 aromatic carbocycles. The molecular weight excluding hydrogens is 658 g/mol. The minimum atomic E-state index is -1.89. The van der Waals surface area contributed by atoms with Crippen molar-refractivity contribution in [2.75, 3.05) is 21.2 Å². The van der Waals surface area contributed by atoms with Crippen LogP contribution >= 0.6 is 0 Å². The Bertz CT molecular complexity index is 1310. The lowest BCUT2D eigenvalue weighted by molar-refractivity contribution is -0.301. The molecule has 2 saturated heterocycles. The first kappa shape index (κ1) is 42.8. The molecule has 51 heavy (non-hydrogen) atoms. The van der Waals surface area contributed by atoms with Gasteiger partial charge in [0, 0.05) is 30.7 Å². The van der Waals surface area contributed by atoms with Crippen LogP contribution in [-0.4, -0.2) is 119 Å². The van der Waals surface area contributed by atoms with Gasteiger partial charge in [0.25, 0.3) is 0 Å². The zero-order valence-corrected chi connectivity index (χ0v) is 32.3. The van der Waals surface area contributed by atoms with Gasteiger partial charge in [0.15, 0.2) is 6.29 Å². The van der Waals surface area contributed by atoms with E-state index in [-0.39, 0.29) is 31.4 Å². The molecule has 5 N–H and O–H groups in total. The van der Waals surface area contributed by atoms with Gasteiger partial charge in [-0.2, -0.15) is 5.10 Å². The van der Waals surface area contributed by atoms with Crippen LogP contribution in [-0.2, 0) is 39.7 Å². The van der Waals surface area contributed by atoms with Crippen LogP contribution in [0, 0.1) is 23.7 Å². The van der Waals surface area contributed by atoms with Gasteiger partial charge >= 0.3 is 11.9 Å². The van der Waals surface area contributed by atoms with Crippen LogP contribution in [0.25, 0.3) is 0 Å². The second kappa shape index (κ2) is 17.9. The number of ether oxygens (including phenoxy) is 5. The molecule has 0 saturated carbocycles. The topological polar surface area (TPSA) is 183 Å². The maximum Gasteiger partial charge on any atom is 0.312 e. The van der Waals surface area contributed by atoms with Crippen molar-refractivity contribution in [3.05, 3.63) is 35.9 Å². The van der Waals surface area contributed by atoms with E-state index < -0.39 is 83.6 Å². The van der Waals surface area contributed by atoms with E-state index in [4.69, 9.17) is 29.5 Å². The van der Waals surface area contributed by atoms with E-state index in [1.54, 1.807) is 20.8 Å². The van der Waals surface area contributed by atoms with Crippen LogP contribution in [0.15, 0.2) is 35.4 Å². The lowest BCUT2D eigenvalue weighted by atomic mass is 9.73. The normalized spacial score (nSPS) is 41.2. The molecule has 290 valence electrons. The molecule has 13 heteroatoms. The molecule has 2 fully saturated rings. The maximum absolute atomic E-state index is 14.0. The summed E-state index contributed by atoms with van der Waals surface area (Å²) in [5.41, 5.74) is -1.94. The average Bonchev–Trinajstić information content (AvgIpc) is 3.08. The summed E-state index contributed by atoms with van der Waals surface area (Å²) in [6.07, 6.45) is -6.05. The third-order valence-corrected chi connectivity index (χ3v) is 11.1. The average molecular weight is 722 g/mol. The predicted octanol–water partition coefficient (Wildman–Crippen LogP) is 3.05. The van der Waals surface area contributed by atoms with Crippen molar-refractivity contribution in [2.24, 2.45) is 34.6 Å². The van der Waals surface area contributed by atoms with Crippen molar-refractivity contribution >= 4 is 17.7 Å². The third-order valence-electron chi connectivity index (χ3n) is 11.1. The molecule has 2 aliphatic heterocycles. The fourth-order valence-electron chi connectivity index (χ4n) is 7.99. The van der Waals surface area contributed by atoms with E-state index in [2.05, 4.69) is 5.10 Å². The largest absolute Gasteiger partial charge is 0.461 e. The van der Waals surface area contributed by atoms with Gasteiger partial charge in [-0.25, -0.2) is 0 Å². The van der Waals surface area contributed by atoms with Gasteiger partial charge in [-0.3, -0.25) is 9.59 Å². The summed E-state index contributed by atoms with van der Waals surface area (Å²) >= 11 is 0. The SMILES string of the molecule is CCC1OC(=O)C(C)C(OC(=O)Cc2ccccc2)C(C)C(OC2OC(C)CC(N(C)C)C2O)C(C)(OC)CC(C)C(=NN)C(C)C(O)C1(C)O. The number of esters is 2. The zero-order valence-electron chi connectivity index (χ0n) is 32.3. The quantitative estimate of drug-likeness (QED) is 0.175. The Labute approximate surface area is 303 Å². The Morgan fingerprint density at radius 3 is 2.25 bits per heavy atom. The number of nitrogens with zero attached hydrogens (tertiary/aromatic N) is 2. The summed E-state index contributed by atoms with van der Waals surface area (Å²) in [6, 6.07) is 8.85. The maximum atomic E-state index is 14.0. The number of hydrogen-bond donors (Lipinski definition) is 4. The number of likely N-dealkylation sites (N-methyl/N-ethyl adjacent to an activating group) is 1. The fraction of sp³-hybridized carbons (Fsp3) is 0.763. The Morgan fingerprint density at radius 1 is 1.08 bits per heavy atom. The highest BCUT2D eigenvalue weighted by Gasteiger charge is 2.52. The molecule has 3 rings (SSSR count). The van der Waals surface area contributed by atoms with Crippen molar-refractivity contribution in [2.45, 2.75) is 141 Å². The summed E-state index contributed by atoms with van der Waals surface area (Å²) in [6.45, 7) is 13.9. The predicted molar refractivity (Wildman–Crippen MR) is 192 cm³/mol. The van der Waals surface area contributed by atoms with Gasteiger partial charge in [-0.05, 0) is 72.5 Å². The Kier molecular flexibility index (Phi) is 15.0. The number of hydrogen-bond acceptors (Lipinski definition) is 13. The summed E-state index contributed by atoms with van der Waals surface area (Å²) in [5.74, 6) is 1.67. The van der Waals surface area contributed by atoms with Crippen molar-refractivity contribution in [3.63, 3.8) is 0 Å². The molecule has 0 aromatic heterocycles.